The lowest BCUT2D eigenvalue weighted by Gasteiger charge is -2.30. The van der Waals surface area contributed by atoms with Gasteiger partial charge in [0, 0.05) is 30.1 Å². The van der Waals surface area contributed by atoms with Crippen LogP contribution in [0.1, 0.15) is 31.0 Å². The van der Waals surface area contributed by atoms with Gasteiger partial charge in [0.2, 0.25) is 11.8 Å². The molecule has 2 heterocycles. The number of amides is 2. The Labute approximate surface area is 157 Å². The maximum Gasteiger partial charge on any atom is 0.228 e. The van der Waals surface area contributed by atoms with Crippen LogP contribution in [0.2, 0.25) is 0 Å². The van der Waals surface area contributed by atoms with Gasteiger partial charge in [0.05, 0.1) is 12.1 Å². The number of nitrogens with zero attached hydrogens (tertiary/aromatic N) is 2. The van der Waals surface area contributed by atoms with Crippen LogP contribution < -0.4 is 11.1 Å². The second-order valence-corrected chi connectivity index (χ2v) is 7.41. The summed E-state index contributed by atoms with van der Waals surface area (Å²) >= 11 is 1.49. The van der Waals surface area contributed by atoms with Gasteiger partial charge in [-0.1, -0.05) is 19.1 Å². The molecule has 0 saturated carbocycles. The largest absolute Gasteiger partial charge is 0.369 e. The number of carbonyl (C=O) groups is 2. The van der Waals surface area contributed by atoms with Crippen molar-refractivity contribution in [1.82, 2.24) is 9.88 Å². The summed E-state index contributed by atoms with van der Waals surface area (Å²) in [4.78, 5) is 30.0. The third-order valence-corrected chi connectivity index (χ3v) is 5.55. The van der Waals surface area contributed by atoms with Crippen LogP contribution in [0.4, 0.5) is 10.8 Å². The van der Waals surface area contributed by atoms with Gasteiger partial charge in [-0.2, -0.15) is 0 Å². The van der Waals surface area contributed by atoms with Crippen LogP contribution in [0.5, 0.6) is 0 Å². The van der Waals surface area contributed by atoms with Crippen LogP contribution >= 0.6 is 11.3 Å². The van der Waals surface area contributed by atoms with E-state index in [0.717, 1.165) is 22.9 Å². The molecule has 2 aromatic rings. The summed E-state index contributed by atoms with van der Waals surface area (Å²) in [6.45, 7) is 3.31. The molecule has 1 fully saturated rings. The molecule has 3 N–H and O–H groups in total. The standard InChI is InChI=1S/C19H24N4O2S/c1-2-13-3-5-15(6-4-13)21-19-22-16(12-26-19)11-17(24)23-9-7-14(8-10-23)18(20)25/h3-6,12,14H,2,7-11H2,1H3,(H2,20,25)(H,21,22). The van der Waals surface area contributed by atoms with E-state index in [2.05, 4.69) is 29.4 Å². The van der Waals surface area contributed by atoms with E-state index in [0.29, 0.717) is 25.9 Å². The van der Waals surface area contributed by atoms with Crippen molar-refractivity contribution < 1.29 is 9.59 Å². The summed E-state index contributed by atoms with van der Waals surface area (Å²) < 4.78 is 0. The molecule has 0 radical (unpaired) electrons. The molecular weight excluding hydrogens is 348 g/mol. The summed E-state index contributed by atoms with van der Waals surface area (Å²) in [6.07, 6.45) is 2.60. The number of anilines is 2. The van der Waals surface area contributed by atoms with Crippen LogP contribution in [0.25, 0.3) is 0 Å². The highest BCUT2D eigenvalue weighted by Gasteiger charge is 2.26. The fourth-order valence-electron chi connectivity index (χ4n) is 3.07. The number of nitrogens with two attached hydrogens (primary N) is 1. The molecule has 0 atom stereocenters. The van der Waals surface area contributed by atoms with E-state index < -0.39 is 0 Å². The minimum atomic E-state index is -0.265. The predicted octanol–water partition coefficient (Wildman–Crippen LogP) is 2.72. The van der Waals surface area contributed by atoms with Crippen molar-refractivity contribution in [3.05, 3.63) is 40.9 Å². The molecule has 1 aliphatic heterocycles. The molecule has 3 rings (SSSR count). The number of aromatic nitrogens is 1. The zero-order chi connectivity index (χ0) is 18.5. The van der Waals surface area contributed by atoms with Crippen LogP contribution in [0.3, 0.4) is 0 Å². The van der Waals surface area contributed by atoms with Crippen LogP contribution in [-0.4, -0.2) is 34.8 Å². The highest BCUT2D eigenvalue weighted by Crippen LogP contribution is 2.23. The van der Waals surface area contributed by atoms with Crippen molar-refractivity contribution in [3.8, 4) is 0 Å². The van der Waals surface area contributed by atoms with Gasteiger partial charge in [-0.25, -0.2) is 4.98 Å². The molecule has 1 saturated heterocycles. The molecule has 26 heavy (non-hydrogen) atoms. The van der Waals surface area contributed by atoms with E-state index in [1.165, 1.54) is 16.9 Å². The molecule has 6 nitrogen and oxygen atoms in total. The number of thiazole rings is 1. The van der Waals surface area contributed by atoms with Gasteiger partial charge in [0.25, 0.3) is 0 Å². The number of primary amides is 1. The maximum absolute atomic E-state index is 12.4. The molecule has 1 aromatic carbocycles. The van der Waals surface area contributed by atoms with Crippen LogP contribution in [0.15, 0.2) is 29.6 Å². The van der Waals surface area contributed by atoms with E-state index >= 15 is 0 Å². The zero-order valence-corrected chi connectivity index (χ0v) is 15.7. The van der Waals surface area contributed by atoms with E-state index in [4.69, 9.17) is 5.73 Å². The van der Waals surface area contributed by atoms with Crippen molar-refractivity contribution >= 4 is 34.0 Å². The van der Waals surface area contributed by atoms with E-state index in [-0.39, 0.29) is 24.2 Å². The molecule has 0 bridgehead atoms. The summed E-state index contributed by atoms with van der Waals surface area (Å²) in [6, 6.07) is 8.26. The number of nitrogens with one attached hydrogen (secondary N) is 1. The average molecular weight is 372 g/mol. The second-order valence-electron chi connectivity index (χ2n) is 6.55. The lowest BCUT2D eigenvalue weighted by Crippen LogP contribution is -2.42. The highest BCUT2D eigenvalue weighted by atomic mass is 32.1. The summed E-state index contributed by atoms with van der Waals surface area (Å²) in [5, 5.41) is 5.97. The smallest absolute Gasteiger partial charge is 0.228 e. The molecular formula is C19H24N4O2S. The first-order valence-corrected chi connectivity index (χ1v) is 9.80. The van der Waals surface area contributed by atoms with Gasteiger partial charge in [-0.05, 0) is 37.0 Å². The number of likely N-dealkylation sites (tertiary alicyclic amines) is 1. The van der Waals surface area contributed by atoms with Crippen LogP contribution in [-0.2, 0) is 22.4 Å². The van der Waals surface area contributed by atoms with Gasteiger partial charge < -0.3 is 16.0 Å². The minimum Gasteiger partial charge on any atom is -0.369 e. The van der Waals surface area contributed by atoms with Crippen LogP contribution in [0, 0.1) is 5.92 Å². The average Bonchev–Trinajstić information content (AvgIpc) is 3.09. The number of carbonyl (C=O) groups excluding carboxylic acids is 2. The monoisotopic (exact) mass is 372 g/mol. The van der Waals surface area contributed by atoms with Gasteiger partial charge in [0.15, 0.2) is 5.13 Å². The van der Waals surface area contributed by atoms with E-state index in [1.54, 1.807) is 4.90 Å². The van der Waals surface area contributed by atoms with Crippen molar-refractivity contribution in [2.75, 3.05) is 18.4 Å². The lowest BCUT2D eigenvalue weighted by atomic mass is 9.96. The summed E-state index contributed by atoms with van der Waals surface area (Å²) in [5.74, 6) is -0.315. The molecule has 1 aliphatic rings. The Balaban J connectivity index is 1.53. The Morgan fingerprint density at radius 2 is 1.96 bits per heavy atom. The number of hydrogen-bond acceptors (Lipinski definition) is 5. The quantitative estimate of drug-likeness (QED) is 0.816. The summed E-state index contributed by atoms with van der Waals surface area (Å²) in [5.41, 5.74) is 8.39. The fourth-order valence-corrected chi connectivity index (χ4v) is 3.80. The Morgan fingerprint density at radius 1 is 1.27 bits per heavy atom. The maximum atomic E-state index is 12.4. The first-order valence-electron chi connectivity index (χ1n) is 8.92. The first kappa shape index (κ1) is 18.4. The Bertz CT molecular complexity index is 764. The second kappa shape index (κ2) is 8.31. The van der Waals surface area contributed by atoms with Crippen molar-refractivity contribution in [2.45, 2.75) is 32.6 Å². The molecule has 1 aromatic heterocycles. The third kappa shape index (κ3) is 4.60. The number of rotatable bonds is 6. The van der Waals surface area contributed by atoms with Gasteiger partial charge in [-0.15, -0.1) is 11.3 Å². The Morgan fingerprint density at radius 3 is 2.58 bits per heavy atom. The molecule has 138 valence electrons. The normalized spacial score (nSPS) is 15.0. The SMILES string of the molecule is CCc1ccc(Nc2nc(CC(=O)N3CCC(C(N)=O)CC3)cs2)cc1. The highest BCUT2D eigenvalue weighted by molar-refractivity contribution is 7.13. The molecule has 0 aliphatic carbocycles. The Kier molecular flexibility index (Phi) is 5.88. The predicted molar refractivity (Wildman–Crippen MR) is 103 cm³/mol. The molecule has 2 amide bonds. The molecule has 7 heteroatoms. The molecule has 0 spiro atoms. The number of hydrogen-bond donors (Lipinski definition) is 2. The van der Waals surface area contributed by atoms with Gasteiger partial charge in [-0.3, -0.25) is 9.59 Å². The lowest BCUT2D eigenvalue weighted by molar-refractivity contribution is -0.134. The fraction of sp³-hybridized carbons (Fsp3) is 0.421. The number of benzene rings is 1. The number of aryl methyl sites for hydroxylation is 1. The van der Waals surface area contributed by atoms with E-state index in [9.17, 15) is 9.59 Å². The number of piperidine rings is 1. The third-order valence-electron chi connectivity index (χ3n) is 4.75. The summed E-state index contributed by atoms with van der Waals surface area (Å²) in [7, 11) is 0. The Hall–Kier alpha value is -2.41. The molecule has 0 unspecified atom stereocenters. The zero-order valence-electron chi connectivity index (χ0n) is 14.9. The van der Waals surface area contributed by atoms with E-state index in [1.807, 2.05) is 17.5 Å². The van der Waals surface area contributed by atoms with Gasteiger partial charge in [0.1, 0.15) is 0 Å². The van der Waals surface area contributed by atoms with Crippen molar-refractivity contribution in [1.29, 1.82) is 0 Å². The van der Waals surface area contributed by atoms with Crippen molar-refractivity contribution in [2.24, 2.45) is 11.7 Å². The first-order chi connectivity index (χ1) is 12.5. The van der Waals surface area contributed by atoms with Crippen molar-refractivity contribution in [3.63, 3.8) is 0 Å². The van der Waals surface area contributed by atoms with Gasteiger partial charge >= 0.3 is 0 Å². The minimum absolute atomic E-state index is 0.0528. The topological polar surface area (TPSA) is 88.3 Å².